The number of nitrogens with zero attached hydrogens (tertiary/aromatic N) is 1. The van der Waals surface area contributed by atoms with Crippen LogP contribution in [0.3, 0.4) is 0 Å². The van der Waals surface area contributed by atoms with Crippen LogP contribution in [-0.4, -0.2) is 18.3 Å². The van der Waals surface area contributed by atoms with Gasteiger partial charge in [0.25, 0.3) is 0 Å². The minimum Gasteiger partial charge on any atom is -0.494 e. The first kappa shape index (κ1) is 15.8. The number of rotatable bonds is 4. The lowest BCUT2D eigenvalue weighted by molar-refractivity contribution is 0.0515. The van der Waals surface area contributed by atoms with Crippen LogP contribution in [0.15, 0.2) is 24.3 Å². The Bertz CT molecular complexity index is 501. The minimum absolute atomic E-state index is 0.542. The number of amides is 1. The van der Waals surface area contributed by atoms with Gasteiger partial charge < -0.3 is 14.8 Å². The van der Waals surface area contributed by atoms with Gasteiger partial charge in [0.1, 0.15) is 17.4 Å². The average molecular weight is 276 g/mol. The summed E-state index contributed by atoms with van der Waals surface area (Å²) >= 11 is 0. The average Bonchev–Trinajstić information content (AvgIpc) is 2.34. The quantitative estimate of drug-likeness (QED) is 0.916. The molecule has 0 heterocycles. The summed E-state index contributed by atoms with van der Waals surface area (Å²) < 4.78 is 10.5. The number of nitrogens with one attached hydrogen (secondary N) is 1. The van der Waals surface area contributed by atoms with E-state index in [-0.39, 0.29) is 0 Å². The normalized spacial score (nSPS) is 12.2. The van der Waals surface area contributed by atoms with E-state index in [1.807, 2.05) is 13.0 Å². The lowest BCUT2D eigenvalue weighted by atomic mass is 10.1. The van der Waals surface area contributed by atoms with Crippen molar-refractivity contribution in [2.24, 2.45) is 0 Å². The summed E-state index contributed by atoms with van der Waals surface area (Å²) in [5.41, 5.74) is 0.0568. The molecule has 0 aliphatic rings. The van der Waals surface area contributed by atoms with Crippen molar-refractivity contribution in [3.05, 3.63) is 29.8 Å². The molecule has 0 saturated heterocycles. The van der Waals surface area contributed by atoms with E-state index in [1.54, 1.807) is 45.0 Å². The molecule has 0 aliphatic carbocycles. The third-order valence-electron chi connectivity index (χ3n) is 2.29. The Labute approximate surface area is 119 Å². The van der Waals surface area contributed by atoms with Gasteiger partial charge in [0, 0.05) is 0 Å². The molecule has 108 valence electrons. The lowest BCUT2D eigenvalue weighted by Crippen LogP contribution is -2.34. The number of nitriles is 1. The predicted octanol–water partition coefficient (Wildman–Crippen LogP) is 3.17. The van der Waals surface area contributed by atoms with Crippen molar-refractivity contribution in [3.63, 3.8) is 0 Å². The van der Waals surface area contributed by atoms with Crippen molar-refractivity contribution in [3.8, 4) is 11.8 Å². The summed E-state index contributed by atoms with van der Waals surface area (Å²) in [7, 11) is 0. The molecular formula is C15H20N2O3. The molecule has 0 radical (unpaired) electrons. The molecule has 1 amide bonds. The standard InChI is InChI=1S/C15H20N2O3/c1-5-19-12-8-6-7-11(9-12)13(10-16)17-14(18)20-15(2,3)4/h6-9,13H,5H2,1-4H3,(H,17,18). The maximum Gasteiger partial charge on any atom is 0.408 e. The van der Waals surface area contributed by atoms with Crippen molar-refractivity contribution in [1.82, 2.24) is 5.32 Å². The zero-order valence-electron chi connectivity index (χ0n) is 12.3. The first-order valence-corrected chi connectivity index (χ1v) is 6.47. The van der Waals surface area contributed by atoms with Gasteiger partial charge in [0.05, 0.1) is 12.7 Å². The van der Waals surface area contributed by atoms with Gasteiger partial charge >= 0.3 is 6.09 Å². The molecular weight excluding hydrogens is 256 g/mol. The number of benzene rings is 1. The summed E-state index contributed by atoms with van der Waals surface area (Å²) in [6.07, 6.45) is -0.620. The Hall–Kier alpha value is -2.22. The Kier molecular flexibility index (Phi) is 5.39. The molecule has 20 heavy (non-hydrogen) atoms. The molecule has 1 unspecified atom stereocenters. The SMILES string of the molecule is CCOc1cccc(C(C#N)NC(=O)OC(C)(C)C)c1. The number of carbonyl (C=O) groups is 1. The molecule has 0 spiro atoms. The van der Waals surface area contributed by atoms with Crippen molar-refractivity contribution in [1.29, 1.82) is 5.26 Å². The second-order valence-electron chi connectivity index (χ2n) is 5.21. The highest BCUT2D eigenvalue weighted by molar-refractivity contribution is 5.69. The number of ether oxygens (including phenoxy) is 2. The zero-order valence-corrected chi connectivity index (χ0v) is 12.3. The van der Waals surface area contributed by atoms with Gasteiger partial charge in [0.15, 0.2) is 0 Å². The summed E-state index contributed by atoms with van der Waals surface area (Å²) in [6.45, 7) is 7.73. The van der Waals surface area contributed by atoms with E-state index in [1.165, 1.54) is 0 Å². The van der Waals surface area contributed by atoms with Gasteiger partial charge in [-0.15, -0.1) is 0 Å². The van der Waals surface area contributed by atoms with Gasteiger partial charge in [-0.25, -0.2) is 4.79 Å². The van der Waals surface area contributed by atoms with Crippen molar-refractivity contribution in [2.45, 2.75) is 39.3 Å². The van der Waals surface area contributed by atoms with E-state index in [2.05, 4.69) is 5.32 Å². The Balaban J connectivity index is 2.79. The Morgan fingerprint density at radius 3 is 2.70 bits per heavy atom. The van der Waals surface area contributed by atoms with Gasteiger partial charge in [0.2, 0.25) is 0 Å². The van der Waals surface area contributed by atoms with E-state index < -0.39 is 17.7 Å². The number of alkyl carbamates (subject to hydrolysis) is 1. The molecule has 0 bridgehead atoms. The molecule has 1 aromatic carbocycles. The molecule has 0 aliphatic heterocycles. The van der Waals surface area contributed by atoms with Gasteiger partial charge in [-0.05, 0) is 45.4 Å². The highest BCUT2D eigenvalue weighted by Gasteiger charge is 2.20. The Morgan fingerprint density at radius 2 is 2.15 bits per heavy atom. The van der Waals surface area contributed by atoms with Crippen LogP contribution in [0.1, 0.15) is 39.3 Å². The summed E-state index contributed by atoms with van der Waals surface area (Å²) in [5.74, 6) is 0.663. The number of hydrogen-bond acceptors (Lipinski definition) is 4. The van der Waals surface area contributed by atoms with E-state index in [9.17, 15) is 10.1 Å². The van der Waals surface area contributed by atoms with Crippen molar-refractivity contribution in [2.75, 3.05) is 6.61 Å². The molecule has 0 saturated carbocycles. The second-order valence-corrected chi connectivity index (χ2v) is 5.21. The zero-order chi connectivity index (χ0) is 15.2. The van der Waals surface area contributed by atoms with Crippen LogP contribution >= 0.6 is 0 Å². The second kappa shape index (κ2) is 6.80. The van der Waals surface area contributed by atoms with E-state index in [4.69, 9.17) is 9.47 Å². The number of carbonyl (C=O) groups excluding carboxylic acids is 1. The van der Waals surface area contributed by atoms with Crippen LogP contribution in [0.2, 0.25) is 0 Å². The van der Waals surface area contributed by atoms with Gasteiger partial charge in [-0.3, -0.25) is 0 Å². The van der Waals surface area contributed by atoms with Crippen LogP contribution in [0.4, 0.5) is 4.79 Å². The third kappa shape index (κ3) is 5.19. The van der Waals surface area contributed by atoms with Crippen molar-refractivity contribution < 1.29 is 14.3 Å². The van der Waals surface area contributed by atoms with E-state index in [0.29, 0.717) is 17.9 Å². The highest BCUT2D eigenvalue weighted by Crippen LogP contribution is 2.19. The largest absolute Gasteiger partial charge is 0.494 e. The maximum absolute atomic E-state index is 11.7. The topological polar surface area (TPSA) is 71.3 Å². The first-order valence-electron chi connectivity index (χ1n) is 6.47. The van der Waals surface area contributed by atoms with E-state index >= 15 is 0 Å². The minimum atomic E-state index is -0.773. The summed E-state index contributed by atoms with van der Waals surface area (Å²) in [4.78, 5) is 11.7. The molecule has 0 aromatic heterocycles. The monoisotopic (exact) mass is 276 g/mol. The molecule has 5 nitrogen and oxygen atoms in total. The van der Waals surface area contributed by atoms with Crippen LogP contribution < -0.4 is 10.1 Å². The number of hydrogen-bond donors (Lipinski definition) is 1. The molecule has 5 heteroatoms. The van der Waals surface area contributed by atoms with Crippen LogP contribution in [0.5, 0.6) is 5.75 Å². The molecule has 0 fully saturated rings. The summed E-state index contributed by atoms with van der Waals surface area (Å²) in [6, 6.07) is 8.33. The highest BCUT2D eigenvalue weighted by atomic mass is 16.6. The maximum atomic E-state index is 11.7. The van der Waals surface area contributed by atoms with Gasteiger partial charge in [-0.2, -0.15) is 5.26 Å². The lowest BCUT2D eigenvalue weighted by Gasteiger charge is -2.21. The van der Waals surface area contributed by atoms with Crippen LogP contribution in [-0.2, 0) is 4.74 Å². The molecule has 1 N–H and O–H groups in total. The van der Waals surface area contributed by atoms with Crippen LogP contribution in [0.25, 0.3) is 0 Å². The molecule has 1 atom stereocenters. The van der Waals surface area contributed by atoms with E-state index in [0.717, 1.165) is 0 Å². The predicted molar refractivity (Wildman–Crippen MR) is 75.3 cm³/mol. The van der Waals surface area contributed by atoms with Crippen molar-refractivity contribution >= 4 is 6.09 Å². The Morgan fingerprint density at radius 1 is 1.45 bits per heavy atom. The fourth-order valence-electron chi connectivity index (χ4n) is 1.57. The third-order valence-corrected chi connectivity index (χ3v) is 2.29. The summed E-state index contributed by atoms with van der Waals surface area (Å²) in [5, 5.41) is 11.7. The van der Waals surface area contributed by atoms with Crippen LogP contribution in [0, 0.1) is 11.3 Å². The van der Waals surface area contributed by atoms with Gasteiger partial charge in [-0.1, -0.05) is 12.1 Å². The molecule has 1 aromatic rings. The molecule has 1 rings (SSSR count). The smallest absolute Gasteiger partial charge is 0.408 e. The fourth-order valence-corrected chi connectivity index (χ4v) is 1.57. The first-order chi connectivity index (χ1) is 9.35. The fraction of sp³-hybridized carbons (Fsp3) is 0.467.